The van der Waals surface area contributed by atoms with Crippen LogP contribution in [0.3, 0.4) is 0 Å². The lowest BCUT2D eigenvalue weighted by atomic mass is 10.1. The maximum Gasteiger partial charge on any atom is 0.407 e. The monoisotopic (exact) mass is 503 g/mol. The second-order valence-corrected chi connectivity index (χ2v) is 7.50. The van der Waals surface area contributed by atoms with Crippen molar-refractivity contribution in [2.24, 2.45) is 0 Å². The van der Waals surface area contributed by atoms with Crippen LogP contribution in [-0.4, -0.2) is 52.2 Å². The minimum absolute atomic E-state index is 0.0472. The molecule has 0 unspecified atom stereocenters. The number of likely N-dealkylation sites (N-methyl/N-ethyl adjacent to an activating group) is 1. The summed E-state index contributed by atoms with van der Waals surface area (Å²) in [7, 11) is 1.42. The van der Waals surface area contributed by atoms with Gasteiger partial charge in [-0.1, -0.05) is 22.5 Å². The number of rotatable bonds is 8. The molecule has 0 saturated heterocycles. The molecule has 1 heterocycles. The number of anilines is 3. The van der Waals surface area contributed by atoms with E-state index in [1.807, 2.05) is 0 Å². The summed E-state index contributed by atoms with van der Waals surface area (Å²) in [6, 6.07) is 7.74. The van der Waals surface area contributed by atoms with Crippen molar-refractivity contribution in [3.63, 3.8) is 0 Å². The number of nitrogens with one attached hydrogen (secondary N) is 2. The topological polar surface area (TPSA) is 117 Å². The molecule has 0 aliphatic carbocycles. The number of ether oxygens (including phenoxy) is 1. The molecule has 0 atom stereocenters. The highest BCUT2D eigenvalue weighted by molar-refractivity contribution is 9.10. The summed E-state index contributed by atoms with van der Waals surface area (Å²) in [5.74, 6) is -0.343. The van der Waals surface area contributed by atoms with Crippen LogP contribution in [0.15, 0.2) is 53.8 Å². The van der Waals surface area contributed by atoms with Gasteiger partial charge in [0.05, 0.1) is 23.4 Å². The molecule has 3 rings (SSSR count). The van der Waals surface area contributed by atoms with Crippen LogP contribution in [0.25, 0.3) is 10.9 Å². The van der Waals surface area contributed by atoms with Crippen LogP contribution in [0.4, 0.5) is 26.4 Å². The molecule has 0 aliphatic heterocycles. The molecule has 11 heteroatoms. The van der Waals surface area contributed by atoms with Crippen LogP contribution in [0.2, 0.25) is 0 Å². The Morgan fingerprint density at radius 1 is 1.28 bits per heavy atom. The fourth-order valence-corrected chi connectivity index (χ4v) is 3.02. The number of carboxylic acid groups (broad SMARTS) is 1. The van der Waals surface area contributed by atoms with Crippen LogP contribution < -0.4 is 15.4 Å². The molecule has 3 N–H and O–H groups in total. The number of hydrogen-bond donors (Lipinski definition) is 3. The van der Waals surface area contributed by atoms with E-state index in [4.69, 9.17) is 9.84 Å². The van der Waals surface area contributed by atoms with Gasteiger partial charge in [0.15, 0.2) is 0 Å². The first-order chi connectivity index (χ1) is 15.3. The van der Waals surface area contributed by atoms with Gasteiger partial charge in [-0.15, -0.1) is 0 Å². The van der Waals surface area contributed by atoms with E-state index < -0.39 is 17.8 Å². The Balaban J connectivity index is 1.97. The molecule has 2 amide bonds. The third-order valence-corrected chi connectivity index (χ3v) is 4.87. The van der Waals surface area contributed by atoms with Crippen LogP contribution in [0.5, 0.6) is 5.75 Å². The maximum absolute atomic E-state index is 14.3. The first kappa shape index (κ1) is 22.9. The Labute approximate surface area is 191 Å². The van der Waals surface area contributed by atoms with Crippen molar-refractivity contribution >= 4 is 56.0 Å². The molecule has 0 spiro atoms. The minimum atomic E-state index is -1.09. The molecule has 0 saturated carbocycles. The third-order valence-electron chi connectivity index (χ3n) is 4.37. The van der Waals surface area contributed by atoms with E-state index in [0.717, 1.165) is 11.0 Å². The second-order valence-electron chi connectivity index (χ2n) is 6.58. The fraction of sp³-hybridized carbons (Fsp3) is 0.143. The zero-order valence-corrected chi connectivity index (χ0v) is 18.5. The highest BCUT2D eigenvalue weighted by Crippen LogP contribution is 2.34. The molecule has 2 aromatic carbocycles. The van der Waals surface area contributed by atoms with Gasteiger partial charge < -0.3 is 25.4 Å². The lowest BCUT2D eigenvalue weighted by molar-refractivity contribution is -0.111. The summed E-state index contributed by atoms with van der Waals surface area (Å²) in [4.78, 5) is 32.4. The van der Waals surface area contributed by atoms with E-state index in [0.29, 0.717) is 26.9 Å². The summed E-state index contributed by atoms with van der Waals surface area (Å²) < 4.78 is 20.6. The number of aromatic nitrogens is 2. The molecule has 0 radical (unpaired) electrons. The van der Waals surface area contributed by atoms with E-state index in [1.54, 1.807) is 24.3 Å². The van der Waals surface area contributed by atoms with E-state index in [9.17, 15) is 14.0 Å². The van der Waals surface area contributed by atoms with Crippen molar-refractivity contribution in [1.82, 2.24) is 14.9 Å². The average Bonchev–Trinajstić information content (AvgIpc) is 2.75. The number of hydrogen-bond acceptors (Lipinski definition) is 6. The van der Waals surface area contributed by atoms with E-state index in [2.05, 4.69) is 43.1 Å². The Morgan fingerprint density at radius 3 is 2.75 bits per heavy atom. The van der Waals surface area contributed by atoms with Gasteiger partial charge in [0, 0.05) is 23.0 Å². The van der Waals surface area contributed by atoms with Gasteiger partial charge in [-0.2, -0.15) is 0 Å². The molecule has 166 valence electrons. The van der Waals surface area contributed by atoms with Gasteiger partial charge in [0.25, 0.3) is 0 Å². The van der Waals surface area contributed by atoms with Crippen molar-refractivity contribution in [2.75, 3.05) is 30.8 Å². The van der Waals surface area contributed by atoms with E-state index in [-0.39, 0.29) is 24.6 Å². The lowest BCUT2D eigenvalue weighted by Crippen LogP contribution is -2.29. The predicted molar refractivity (Wildman–Crippen MR) is 122 cm³/mol. The molecular weight excluding hydrogens is 485 g/mol. The quantitative estimate of drug-likeness (QED) is 0.390. The fourth-order valence-electron chi connectivity index (χ4n) is 2.69. The van der Waals surface area contributed by atoms with Crippen LogP contribution in [0.1, 0.15) is 0 Å². The number of fused-ring (bicyclic) bond motifs is 1. The van der Waals surface area contributed by atoms with Gasteiger partial charge in [0.1, 0.15) is 30.3 Å². The van der Waals surface area contributed by atoms with Crippen LogP contribution >= 0.6 is 15.9 Å². The van der Waals surface area contributed by atoms with Crippen molar-refractivity contribution in [2.45, 2.75) is 0 Å². The van der Waals surface area contributed by atoms with E-state index >= 15 is 0 Å². The Kier molecular flexibility index (Phi) is 7.21. The summed E-state index contributed by atoms with van der Waals surface area (Å²) in [6.07, 6.45) is 1.33. The number of benzene rings is 2. The number of amides is 2. The molecule has 0 bridgehead atoms. The zero-order chi connectivity index (χ0) is 23.3. The van der Waals surface area contributed by atoms with Crippen molar-refractivity contribution < 1.29 is 23.8 Å². The van der Waals surface area contributed by atoms with Crippen molar-refractivity contribution in [1.29, 1.82) is 0 Å². The third kappa shape index (κ3) is 5.49. The summed E-state index contributed by atoms with van der Waals surface area (Å²) in [5.41, 5.74) is 0.981. The SMILES string of the molecule is C=CC(=O)Nc1cc2c(Nc3ccc(Br)cc3F)ncnc2cc1OCCN(C)C(=O)O. The highest BCUT2D eigenvalue weighted by Gasteiger charge is 2.15. The zero-order valence-electron chi connectivity index (χ0n) is 16.9. The second kappa shape index (κ2) is 10.1. The van der Waals surface area contributed by atoms with Crippen LogP contribution in [-0.2, 0) is 4.79 Å². The molecule has 0 fully saturated rings. The van der Waals surface area contributed by atoms with Gasteiger partial charge in [-0.3, -0.25) is 4.79 Å². The van der Waals surface area contributed by atoms with Gasteiger partial charge >= 0.3 is 6.09 Å². The number of nitrogens with zero attached hydrogens (tertiary/aromatic N) is 3. The average molecular weight is 504 g/mol. The van der Waals surface area contributed by atoms with Crippen molar-refractivity contribution in [3.8, 4) is 5.75 Å². The smallest absolute Gasteiger partial charge is 0.407 e. The molecule has 9 nitrogen and oxygen atoms in total. The van der Waals surface area contributed by atoms with Crippen molar-refractivity contribution in [3.05, 3.63) is 59.6 Å². The number of carbonyl (C=O) groups is 2. The first-order valence-electron chi connectivity index (χ1n) is 9.29. The number of halogens is 2. The predicted octanol–water partition coefficient (Wildman–Crippen LogP) is 4.39. The molecular formula is C21H19BrFN5O4. The standard InChI is InChI=1S/C21H19BrFN5O4/c1-3-19(29)26-17-9-13-16(10-18(17)32-7-6-28(2)21(30)31)24-11-25-20(13)27-15-5-4-12(22)8-14(15)23/h3-5,8-11H,1,6-7H2,2H3,(H,26,29)(H,30,31)(H,24,25,27). The van der Waals surface area contributed by atoms with Crippen LogP contribution in [0, 0.1) is 5.82 Å². The summed E-state index contributed by atoms with van der Waals surface area (Å²) >= 11 is 3.21. The Bertz CT molecular complexity index is 1190. The van der Waals surface area contributed by atoms with Gasteiger partial charge in [-0.25, -0.2) is 19.2 Å². The highest BCUT2D eigenvalue weighted by atomic mass is 79.9. The summed E-state index contributed by atoms with van der Waals surface area (Å²) in [6.45, 7) is 3.60. The molecule has 3 aromatic rings. The number of carbonyl (C=O) groups excluding carboxylic acids is 1. The first-order valence-corrected chi connectivity index (χ1v) is 10.1. The van der Waals surface area contributed by atoms with E-state index in [1.165, 1.54) is 19.4 Å². The summed E-state index contributed by atoms with van der Waals surface area (Å²) in [5, 5.41) is 15.0. The minimum Gasteiger partial charge on any atom is -0.489 e. The van der Waals surface area contributed by atoms with Gasteiger partial charge in [0.2, 0.25) is 5.91 Å². The lowest BCUT2D eigenvalue weighted by Gasteiger charge is -2.17. The normalized spacial score (nSPS) is 10.5. The largest absolute Gasteiger partial charge is 0.489 e. The molecule has 1 aromatic heterocycles. The Hall–Kier alpha value is -3.73. The maximum atomic E-state index is 14.3. The molecule has 0 aliphatic rings. The molecule has 32 heavy (non-hydrogen) atoms. The Morgan fingerprint density at radius 2 is 2.06 bits per heavy atom. The van der Waals surface area contributed by atoms with Gasteiger partial charge in [-0.05, 0) is 30.3 Å².